The number of carbonyl (C=O) groups excluding carboxylic acids is 1. The van der Waals surface area contributed by atoms with Crippen LogP contribution in [-0.4, -0.2) is 14.3 Å². The molecule has 3 aromatic rings. The van der Waals surface area contributed by atoms with E-state index in [0.29, 0.717) is 12.1 Å². The monoisotopic (exact) mass is 461 g/mol. The zero-order valence-corrected chi connectivity index (χ0v) is 17.6. The first kappa shape index (κ1) is 18.4. The zero-order valence-electron chi connectivity index (χ0n) is 14.4. The highest BCUT2D eigenvalue weighted by Gasteiger charge is 2.34. The fourth-order valence-corrected chi connectivity index (χ4v) is 6.55. The van der Waals surface area contributed by atoms with E-state index in [2.05, 4.69) is 21.2 Å². The predicted octanol–water partition coefficient (Wildman–Crippen LogP) is 5.13. The van der Waals surface area contributed by atoms with E-state index in [4.69, 9.17) is 0 Å². The quantitative estimate of drug-likeness (QED) is 0.587. The standard InChI is InChI=1S/C20H16BrNO3S2/c1-12-3-2-4-15(9-12)27(24,25)17-11-26-20-16(10-18(23)22-19(17)20)13-5-7-14(21)8-6-13/h2-9,11,16H,10H2,1H3,(H,22,23). The second-order valence-electron chi connectivity index (χ2n) is 6.52. The van der Waals surface area contributed by atoms with Crippen molar-refractivity contribution in [3.63, 3.8) is 0 Å². The molecule has 7 heteroatoms. The summed E-state index contributed by atoms with van der Waals surface area (Å²) >= 11 is 4.80. The van der Waals surface area contributed by atoms with E-state index in [-0.39, 0.29) is 21.6 Å². The third-order valence-electron chi connectivity index (χ3n) is 4.62. The molecule has 1 amide bonds. The molecule has 0 saturated carbocycles. The van der Waals surface area contributed by atoms with Crippen LogP contribution in [0.2, 0.25) is 0 Å². The fourth-order valence-electron chi connectivity index (χ4n) is 3.28. The maximum Gasteiger partial charge on any atom is 0.225 e. The van der Waals surface area contributed by atoms with Crippen LogP contribution in [0, 0.1) is 6.92 Å². The topological polar surface area (TPSA) is 63.2 Å². The molecule has 0 fully saturated rings. The molecule has 27 heavy (non-hydrogen) atoms. The van der Waals surface area contributed by atoms with E-state index in [1.54, 1.807) is 23.6 Å². The number of nitrogens with one attached hydrogen (secondary N) is 1. The number of thiophene rings is 1. The van der Waals surface area contributed by atoms with E-state index in [1.165, 1.54) is 11.3 Å². The van der Waals surface area contributed by atoms with Crippen LogP contribution >= 0.6 is 27.3 Å². The molecule has 1 aliphatic rings. The summed E-state index contributed by atoms with van der Waals surface area (Å²) in [6.45, 7) is 1.85. The van der Waals surface area contributed by atoms with Crippen molar-refractivity contribution in [2.75, 3.05) is 5.32 Å². The Morgan fingerprint density at radius 1 is 1.15 bits per heavy atom. The molecule has 1 unspecified atom stereocenters. The number of halogens is 1. The number of aryl methyl sites for hydroxylation is 1. The molecule has 0 spiro atoms. The Morgan fingerprint density at radius 2 is 1.89 bits per heavy atom. The summed E-state index contributed by atoms with van der Waals surface area (Å²) in [5, 5.41) is 4.43. The number of carbonyl (C=O) groups is 1. The van der Waals surface area contributed by atoms with Crippen molar-refractivity contribution in [1.82, 2.24) is 0 Å². The number of amides is 1. The minimum absolute atomic E-state index is 0.145. The minimum atomic E-state index is -3.71. The van der Waals surface area contributed by atoms with Gasteiger partial charge >= 0.3 is 0 Å². The lowest BCUT2D eigenvalue weighted by atomic mass is 9.91. The maximum absolute atomic E-state index is 13.2. The first-order valence-electron chi connectivity index (χ1n) is 8.35. The van der Waals surface area contributed by atoms with Gasteiger partial charge in [-0.3, -0.25) is 4.79 Å². The van der Waals surface area contributed by atoms with Gasteiger partial charge in [0.25, 0.3) is 0 Å². The first-order chi connectivity index (χ1) is 12.9. The van der Waals surface area contributed by atoms with Crippen molar-refractivity contribution in [2.45, 2.75) is 29.1 Å². The van der Waals surface area contributed by atoms with Crippen LogP contribution < -0.4 is 5.32 Å². The fraction of sp³-hybridized carbons (Fsp3) is 0.150. The van der Waals surface area contributed by atoms with Gasteiger partial charge in [-0.1, -0.05) is 40.2 Å². The van der Waals surface area contributed by atoms with Crippen molar-refractivity contribution < 1.29 is 13.2 Å². The highest BCUT2D eigenvalue weighted by atomic mass is 79.9. The van der Waals surface area contributed by atoms with Crippen LogP contribution in [0.1, 0.15) is 28.3 Å². The molecule has 1 aliphatic heterocycles. The number of sulfone groups is 1. The Kier molecular flexibility index (Phi) is 4.70. The van der Waals surface area contributed by atoms with Gasteiger partial charge in [-0.2, -0.15) is 0 Å². The van der Waals surface area contributed by atoms with Crippen molar-refractivity contribution in [3.8, 4) is 0 Å². The smallest absolute Gasteiger partial charge is 0.225 e. The van der Waals surface area contributed by atoms with Crippen LogP contribution in [0.3, 0.4) is 0 Å². The van der Waals surface area contributed by atoms with Gasteiger partial charge in [0.05, 0.1) is 10.6 Å². The van der Waals surface area contributed by atoms with Crippen LogP contribution in [0.5, 0.6) is 0 Å². The average Bonchev–Trinajstić information content (AvgIpc) is 3.06. The van der Waals surface area contributed by atoms with Crippen molar-refractivity contribution in [3.05, 3.63) is 74.4 Å². The normalized spacial score (nSPS) is 16.7. The Balaban J connectivity index is 1.83. The molecular formula is C20H16BrNO3S2. The van der Waals surface area contributed by atoms with E-state index in [1.807, 2.05) is 37.3 Å². The molecule has 138 valence electrons. The lowest BCUT2D eigenvalue weighted by Crippen LogP contribution is -2.23. The molecule has 2 aromatic carbocycles. The third kappa shape index (κ3) is 3.35. The van der Waals surface area contributed by atoms with Gasteiger partial charge in [0, 0.05) is 27.1 Å². The molecule has 1 aromatic heterocycles. The molecule has 1 N–H and O–H groups in total. The van der Waals surface area contributed by atoms with Gasteiger partial charge in [0.2, 0.25) is 15.7 Å². The largest absolute Gasteiger partial charge is 0.324 e. The summed E-state index contributed by atoms with van der Waals surface area (Å²) in [4.78, 5) is 13.6. The van der Waals surface area contributed by atoms with E-state index < -0.39 is 9.84 Å². The Morgan fingerprint density at radius 3 is 2.59 bits per heavy atom. The molecule has 4 nitrogen and oxygen atoms in total. The Labute approximate surface area is 170 Å². The maximum atomic E-state index is 13.2. The van der Waals surface area contributed by atoms with Crippen LogP contribution in [0.4, 0.5) is 5.69 Å². The molecule has 0 aliphatic carbocycles. The van der Waals surface area contributed by atoms with Crippen molar-refractivity contribution in [1.29, 1.82) is 0 Å². The summed E-state index contributed by atoms with van der Waals surface area (Å²) in [6.07, 6.45) is 0.305. The highest BCUT2D eigenvalue weighted by Crippen LogP contribution is 2.45. The number of fused-ring (bicyclic) bond motifs is 1. The molecule has 0 bridgehead atoms. The summed E-state index contributed by atoms with van der Waals surface area (Å²) in [5.41, 5.74) is 2.29. The number of rotatable bonds is 3. The van der Waals surface area contributed by atoms with Gasteiger partial charge in [0.15, 0.2) is 0 Å². The second-order valence-corrected chi connectivity index (χ2v) is 10.3. The van der Waals surface area contributed by atoms with Crippen LogP contribution in [0.25, 0.3) is 0 Å². The lowest BCUT2D eigenvalue weighted by molar-refractivity contribution is -0.116. The van der Waals surface area contributed by atoms with E-state index in [0.717, 1.165) is 20.5 Å². The number of hydrogen-bond donors (Lipinski definition) is 1. The van der Waals surface area contributed by atoms with Gasteiger partial charge in [-0.05, 0) is 42.3 Å². The third-order valence-corrected chi connectivity index (χ3v) is 8.17. The molecule has 4 rings (SSSR count). The summed E-state index contributed by atoms with van der Waals surface area (Å²) < 4.78 is 27.3. The summed E-state index contributed by atoms with van der Waals surface area (Å²) in [5.74, 6) is -0.317. The minimum Gasteiger partial charge on any atom is -0.324 e. The number of anilines is 1. The van der Waals surface area contributed by atoms with E-state index in [9.17, 15) is 13.2 Å². The van der Waals surface area contributed by atoms with Gasteiger partial charge in [0.1, 0.15) is 4.90 Å². The SMILES string of the molecule is Cc1cccc(S(=O)(=O)c2csc3c2NC(=O)CC3c2ccc(Br)cc2)c1. The predicted molar refractivity (Wildman–Crippen MR) is 110 cm³/mol. The highest BCUT2D eigenvalue weighted by molar-refractivity contribution is 9.10. The molecule has 0 saturated heterocycles. The van der Waals surface area contributed by atoms with E-state index >= 15 is 0 Å². The lowest BCUT2D eigenvalue weighted by Gasteiger charge is -2.23. The number of benzene rings is 2. The summed E-state index contributed by atoms with van der Waals surface area (Å²) in [6, 6.07) is 14.6. The Bertz CT molecular complexity index is 1130. The second kappa shape index (κ2) is 6.89. The van der Waals surface area contributed by atoms with Crippen molar-refractivity contribution >= 4 is 48.7 Å². The molecule has 2 heterocycles. The zero-order chi connectivity index (χ0) is 19.2. The first-order valence-corrected chi connectivity index (χ1v) is 11.5. The number of hydrogen-bond acceptors (Lipinski definition) is 4. The van der Waals surface area contributed by atoms with Crippen LogP contribution in [-0.2, 0) is 14.6 Å². The van der Waals surface area contributed by atoms with Crippen LogP contribution in [0.15, 0.2) is 68.2 Å². The molecule has 1 atom stereocenters. The van der Waals surface area contributed by atoms with Gasteiger partial charge < -0.3 is 5.32 Å². The van der Waals surface area contributed by atoms with Gasteiger partial charge in [-0.15, -0.1) is 11.3 Å². The summed E-state index contributed by atoms with van der Waals surface area (Å²) in [7, 11) is -3.71. The molecule has 0 radical (unpaired) electrons. The Hall–Kier alpha value is -1.96. The van der Waals surface area contributed by atoms with Gasteiger partial charge in [-0.25, -0.2) is 8.42 Å². The average molecular weight is 462 g/mol. The molecular weight excluding hydrogens is 446 g/mol. The van der Waals surface area contributed by atoms with Crippen molar-refractivity contribution in [2.24, 2.45) is 0 Å².